The van der Waals surface area contributed by atoms with Crippen molar-refractivity contribution in [2.24, 2.45) is 0 Å². The first kappa shape index (κ1) is 24.3. The molecule has 9 heteroatoms. The van der Waals surface area contributed by atoms with Crippen LogP contribution in [0.3, 0.4) is 0 Å². The van der Waals surface area contributed by atoms with E-state index in [1.807, 2.05) is 30.3 Å². The maximum absolute atomic E-state index is 14.2. The molecule has 0 spiro atoms. The molecule has 4 rings (SSSR count). The smallest absolute Gasteiger partial charge is 0.293 e. The van der Waals surface area contributed by atoms with E-state index in [9.17, 15) is 14.0 Å². The molecule has 1 saturated heterocycles. The Bertz CT molecular complexity index is 1270. The van der Waals surface area contributed by atoms with Crippen molar-refractivity contribution in [3.05, 3.63) is 97.6 Å². The van der Waals surface area contributed by atoms with Crippen molar-refractivity contribution in [2.45, 2.75) is 13.2 Å². The summed E-state index contributed by atoms with van der Waals surface area (Å²) < 4.78 is 26.2. The van der Waals surface area contributed by atoms with E-state index in [-0.39, 0.29) is 22.0 Å². The van der Waals surface area contributed by atoms with Crippen molar-refractivity contribution in [2.75, 3.05) is 7.11 Å². The van der Waals surface area contributed by atoms with Crippen molar-refractivity contribution < 1.29 is 23.5 Å². The Morgan fingerprint density at radius 2 is 1.88 bits per heavy atom. The number of hydrogen-bond donors (Lipinski definition) is 0. The third kappa shape index (κ3) is 5.29. The Balaban J connectivity index is 1.56. The fourth-order valence-corrected chi connectivity index (χ4v) is 4.96. The summed E-state index contributed by atoms with van der Waals surface area (Å²) in [7, 11) is 1.52. The summed E-state index contributed by atoms with van der Waals surface area (Å²) in [5, 5.41) is -0.341. The molecule has 3 aromatic carbocycles. The largest absolute Gasteiger partial charge is 0.493 e. The number of nitrogens with zero attached hydrogens (tertiary/aromatic N) is 1. The lowest BCUT2D eigenvalue weighted by Gasteiger charge is -2.14. The molecule has 34 heavy (non-hydrogen) atoms. The fourth-order valence-electron chi connectivity index (χ4n) is 3.32. The highest BCUT2D eigenvalue weighted by Crippen LogP contribution is 2.40. The molecule has 0 N–H and O–H groups in total. The number of benzene rings is 3. The molecule has 0 atom stereocenters. The summed E-state index contributed by atoms with van der Waals surface area (Å²) >= 11 is 10.3. The molecule has 1 heterocycles. The van der Waals surface area contributed by atoms with Gasteiger partial charge in [0, 0.05) is 10.6 Å². The summed E-state index contributed by atoms with van der Waals surface area (Å²) in [5.41, 5.74) is 1.73. The zero-order valence-corrected chi connectivity index (χ0v) is 21.0. The average Bonchev–Trinajstić information content (AvgIpc) is 3.08. The van der Waals surface area contributed by atoms with Crippen molar-refractivity contribution in [1.29, 1.82) is 0 Å². The molecule has 1 fully saturated rings. The second-order valence-electron chi connectivity index (χ2n) is 7.28. The van der Waals surface area contributed by atoms with Gasteiger partial charge in [0.25, 0.3) is 11.1 Å². The highest BCUT2D eigenvalue weighted by Gasteiger charge is 2.36. The zero-order valence-electron chi connectivity index (χ0n) is 17.9. The molecule has 0 aromatic heterocycles. The quantitative estimate of drug-likeness (QED) is 0.288. The first-order valence-corrected chi connectivity index (χ1v) is 12.1. The van der Waals surface area contributed by atoms with Crippen LogP contribution in [0.15, 0.2) is 70.0 Å². The number of amides is 2. The van der Waals surface area contributed by atoms with Crippen LogP contribution >= 0.6 is 39.3 Å². The molecule has 5 nitrogen and oxygen atoms in total. The van der Waals surface area contributed by atoms with Gasteiger partial charge in [-0.3, -0.25) is 14.5 Å². The predicted octanol–water partition coefficient (Wildman–Crippen LogP) is 7.07. The van der Waals surface area contributed by atoms with Crippen molar-refractivity contribution in [3.8, 4) is 11.5 Å². The van der Waals surface area contributed by atoms with Crippen LogP contribution in [0.4, 0.5) is 9.18 Å². The van der Waals surface area contributed by atoms with Gasteiger partial charge in [0.05, 0.1) is 23.0 Å². The number of halogens is 3. The molecule has 0 saturated carbocycles. The van der Waals surface area contributed by atoms with Crippen LogP contribution in [0.2, 0.25) is 5.02 Å². The number of ether oxygens (including phenoxy) is 2. The summed E-state index contributed by atoms with van der Waals surface area (Å²) in [6, 6.07) is 17.4. The van der Waals surface area contributed by atoms with Crippen LogP contribution in [-0.4, -0.2) is 23.2 Å². The average molecular weight is 563 g/mol. The Hall–Kier alpha value is -2.81. The van der Waals surface area contributed by atoms with Gasteiger partial charge in [-0.1, -0.05) is 48.0 Å². The number of imide groups is 1. The zero-order chi connectivity index (χ0) is 24.2. The van der Waals surface area contributed by atoms with Crippen LogP contribution in [0.25, 0.3) is 6.08 Å². The lowest BCUT2D eigenvalue weighted by Crippen LogP contribution is -2.28. The second kappa shape index (κ2) is 10.6. The molecular weight excluding hydrogens is 545 g/mol. The Kier molecular flexibility index (Phi) is 7.60. The van der Waals surface area contributed by atoms with Crippen LogP contribution in [0.5, 0.6) is 11.5 Å². The molecule has 1 aliphatic heterocycles. The van der Waals surface area contributed by atoms with E-state index in [0.29, 0.717) is 28.1 Å². The van der Waals surface area contributed by atoms with E-state index in [1.54, 1.807) is 18.2 Å². The van der Waals surface area contributed by atoms with Crippen LogP contribution < -0.4 is 9.47 Å². The van der Waals surface area contributed by atoms with E-state index in [2.05, 4.69) is 15.9 Å². The highest BCUT2D eigenvalue weighted by molar-refractivity contribution is 9.10. The molecule has 0 unspecified atom stereocenters. The number of methoxy groups -OCH3 is 1. The monoisotopic (exact) mass is 561 g/mol. The van der Waals surface area contributed by atoms with E-state index in [0.717, 1.165) is 22.2 Å². The Morgan fingerprint density at radius 1 is 1.12 bits per heavy atom. The van der Waals surface area contributed by atoms with Crippen molar-refractivity contribution in [3.63, 3.8) is 0 Å². The summed E-state index contributed by atoms with van der Waals surface area (Å²) in [6.45, 7) is 0.111. The number of carbonyl (C=O) groups excluding carboxylic acids is 2. The number of carbonyl (C=O) groups is 2. The first-order valence-electron chi connectivity index (χ1n) is 10.1. The molecule has 3 aromatic rings. The Labute approximate surface area is 213 Å². The predicted molar refractivity (Wildman–Crippen MR) is 134 cm³/mol. The normalized spacial score (nSPS) is 14.7. The van der Waals surface area contributed by atoms with Gasteiger partial charge in [0.15, 0.2) is 11.5 Å². The van der Waals surface area contributed by atoms with Gasteiger partial charge in [-0.05, 0) is 69.2 Å². The number of rotatable bonds is 7. The minimum absolute atomic E-state index is 0.0945. The number of hydrogen-bond acceptors (Lipinski definition) is 5. The summed E-state index contributed by atoms with van der Waals surface area (Å²) in [5.74, 6) is -0.108. The van der Waals surface area contributed by atoms with E-state index < -0.39 is 17.0 Å². The molecule has 0 aliphatic carbocycles. The standard InChI is InChI=1S/C25H18BrClFNO4S/c1-32-21-11-16(10-18(26)23(21)33-14-15-6-3-2-4-7-15)12-22-24(30)29(25(31)34-22)13-17-19(27)8-5-9-20(17)28/h2-12H,13-14H2,1H3/b22-12-. The van der Waals surface area contributed by atoms with E-state index in [1.165, 1.54) is 25.3 Å². The third-order valence-corrected chi connectivity index (χ3v) is 6.88. The minimum atomic E-state index is -0.574. The van der Waals surface area contributed by atoms with Crippen LogP contribution in [0.1, 0.15) is 16.7 Å². The molecule has 0 radical (unpaired) electrons. The molecule has 174 valence electrons. The fraction of sp³-hybridized carbons (Fsp3) is 0.120. The van der Waals surface area contributed by atoms with Gasteiger partial charge in [0.1, 0.15) is 12.4 Å². The minimum Gasteiger partial charge on any atom is -0.493 e. The van der Waals surface area contributed by atoms with Crippen molar-refractivity contribution in [1.82, 2.24) is 4.90 Å². The van der Waals surface area contributed by atoms with Gasteiger partial charge in [-0.15, -0.1) is 0 Å². The van der Waals surface area contributed by atoms with E-state index >= 15 is 0 Å². The molecule has 1 aliphatic rings. The lowest BCUT2D eigenvalue weighted by atomic mass is 10.1. The Morgan fingerprint density at radius 3 is 2.59 bits per heavy atom. The highest BCUT2D eigenvalue weighted by atomic mass is 79.9. The molecule has 2 amide bonds. The van der Waals surface area contributed by atoms with Gasteiger partial charge in [-0.25, -0.2) is 4.39 Å². The third-order valence-electron chi connectivity index (χ3n) is 5.03. The summed E-state index contributed by atoms with van der Waals surface area (Å²) in [6.07, 6.45) is 1.59. The SMILES string of the molecule is COc1cc(/C=C2\SC(=O)N(Cc3c(F)cccc3Cl)C2=O)cc(Br)c1OCc1ccccc1. The maximum atomic E-state index is 14.2. The lowest BCUT2D eigenvalue weighted by molar-refractivity contribution is -0.123. The first-order chi connectivity index (χ1) is 16.4. The van der Waals surface area contributed by atoms with Gasteiger partial charge in [-0.2, -0.15) is 0 Å². The van der Waals surface area contributed by atoms with Crippen LogP contribution in [-0.2, 0) is 17.9 Å². The number of thioether (sulfide) groups is 1. The van der Waals surface area contributed by atoms with Crippen LogP contribution in [0, 0.1) is 5.82 Å². The molecule has 0 bridgehead atoms. The van der Waals surface area contributed by atoms with Gasteiger partial charge < -0.3 is 9.47 Å². The molecular formula is C25H18BrClFNO4S. The topological polar surface area (TPSA) is 55.8 Å². The van der Waals surface area contributed by atoms with Gasteiger partial charge in [0.2, 0.25) is 0 Å². The summed E-state index contributed by atoms with van der Waals surface area (Å²) in [4.78, 5) is 26.6. The second-order valence-corrected chi connectivity index (χ2v) is 9.53. The van der Waals surface area contributed by atoms with E-state index in [4.69, 9.17) is 21.1 Å². The maximum Gasteiger partial charge on any atom is 0.293 e. The van der Waals surface area contributed by atoms with Crippen molar-refractivity contribution >= 4 is 56.5 Å². The van der Waals surface area contributed by atoms with Gasteiger partial charge >= 0.3 is 0 Å².